The molecule has 0 unspecified atom stereocenters. The highest BCUT2D eigenvalue weighted by Crippen LogP contribution is 2.33. The lowest BCUT2D eigenvalue weighted by atomic mass is 9.95. The normalized spacial score (nSPS) is 12.6. The van der Waals surface area contributed by atoms with Crippen LogP contribution in [0.4, 0.5) is 11.4 Å². The standard InChI is InChI=1S/C15H15N/c1-10-3-5-14-12(7-10)9-13-8-11(2)4-6-15(13)16-14/h3-8,16H,9H2,1-2H3. The first-order valence-corrected chi connectivity index (χ1v) is 5.68. The zero-order chi connectivity index (χ0) is 11.1. The van der Waals surface area contributed by atoms with Crippen LogP contribution in [0.1, 0.15) is 22.3 Å². The highest BCUT2D eigenvalue weighted by atomic mass is 14.9. The fourth-order valence-corrected chi connectivity index (χ4v) is 2.33. The van der Waals surface area contributed by atoms with Gasteiger partial charge in [-0.15, -0.1) is 0 Å². The van der Waals surface area contributed by atoms with Crippen molar-refractivity contribution in [3.05, 3.63) is 58.7 Å². The number of hydrogen-bond acceptors (Lipinski definition) is 1. The summed E-state index contributed by atoms with van der Waals surface area (Å²) < 4.78 is 0. The molecule has 1 heteroatoms. The molecule has 1 aliphatic heterocycles. The van der Waals surface area contributed by atoms with E-state index in [1.54, 1.807) is 0 Å². The number of rotatable bonds is 0. The molecule has 0 fully saturated rings. The number of aryl methyl sites for hydroxylation is 2. The second-order valence-electron chi connectivity index (χ2n) is 4.62. The third-order valence-electron chi connectivity index (χ3n) is 3.17. The largest absolute Gasteiger partial charge is 0.355 e. The average molecular weight is 209 g/mol. The van der Waals surface area contributed by atoms with E-state index in [4.69, 9.17) is 0 Å². The second-order valence-corrected chi connectivity index (χ2v) is 4.62. The van der Waals surface area contributed by atoms with E-state index >= 15 is 0 Å². The van der Waals surface area contributed by atoms with Crippen molar-refractivity contribution in [3.63, 3.8) is 0 Å². The minimum absolute atomic E-state index is 1.04. The fraction of sp³-hybridized carbons (Fsp3) is 0.200. The molecule has 16 heavy (non-hydrogen) atoms. The van der Waals surface area contributed by atoms with Crippen molar-refractivity contribution in [3.8, 4) is 0 Å². The van der Waals surface area contributed by atoms with Gasteiger partial charge in [-0.1, -0.05) is 35.4 Å². The molecule has 0 atom stereocenters. The number of hydrogen-bond donors (Lipinski definition) is 1. The molecule has 0 amide bonds. The van der Waals surface area contributed by atoms with E-state index in [0.717, 1.165) is 6.42 Å². The minimum Gasteiger partial charge on any atom is -0.355 e. The fourth-order valence-electron chi connectivity index (χ4n) is 2.33. The third-order valence-corrected chi connectivity index (χ3v) is 3.17. The highest BCUT2D eigenvalue weighted by molar-refractivity contribution is 5.72. The van der Waals surface area contributed by atoms with Crippen LogP contribution >= 0.6 is 0 Å². The molecule has 1 N–H and O–H groups in total. The van der Waals surface area contributed by atoms with Gasteiger partial charge in [-0.25, -0.2) is 0 Å². The van der Waals surface area contributed by atoms with Crippen molar-refractivity contribution >= 4 is 11.4 Å². The topological polar surface area (TPSA) is 12.0 Å². The van der Waals surface area contributed by atoms with Gasteiger partial charge in [0, 0.05) is 17.8 Å². The monoisotopic (exact) mass is 209 g/mol. The Bertz CT molecular complexity index is 506. The van der Waals surface area contributed by atoms with Gasteiger partial charge in [-0.3, -0.25) is 0 Å². The van der Waals surface area contributed by atoms with Gasteiger partial charge in [0.2, 0.25) is 0 Å². The Balaban J connectivity index is 2.10. The third kappa shape index (κ3) is 1.49. The molecule has 1 heterocycles. The number of anilines is 2. The summed E-state index contributed by atoms with van der Waals surface area (Å²) in [4.78, 5) is 0. The maximum absolute atomic E-state index is 3.49. The predicted molar refractivity (Wildman–Crippen MR) is 68.4 cm³/mol. The number of nitrogens with one attached hydrogen (secondary N) is 1. The van der Waals surface area contributed by atoms with Gasteiger partial charge < -0.3 is 5.32 Å². The van der Waals surface area contributed by atoms with Crippen molar-refractivity contribution in [1.82, 2.24) is 0 Å². The van der Waals surface area contributed by atoms with Crippen LogP contribution in [0.3, 0.4) is 0 Å². The molecule has 2 aromatic carbocycles. The van der Waals surface area contributed by atoms with Crippen LogP contribution in [0.5, 0.6) is 0 Å². The first kappa shape index (κ1) is 9.46. The summed E-state index contributed by atoms with van der Waals surface area (Å²) in [6, 6.07) is 13.2. The van der Waals surface area contributed by atoms with E-state index in [0.29, 0.717) is 0 Å². The molecule has 0 aliphatic carbocycles. The molecule has 0 aromatic heterocycles. The Kier molecular flexibility index (Phi) is 2.00. The maximum Gasteiger partial charge on any atom is 0.0420 e. The lowest BCUT2D eigenvalue weighted by Gasteiger charge is -2.22. The molecule has 0 saturated heterocycles. The first-order valence-electron chi connectivity index (χ1n) is 5.68. The maximum atomic E-state index is 3.49. The van der Waals surface area contributed by atoms with E-state index in [-0.39, 0.29) is 0 Å². The molecule has 3 rings (SSSR count). The van der Waals surface area contributed by atoms with E-state index < -0.39 is 0 Å². The Morgan fingerprint density at radius 3 is 1.81 bits per heavy atom. The second kappa shape index (κ2) is 3.38. The van der Waals surface area contributed by atoms with Crippen LogP contribution in [-0.2, 0) is 6.42 Å². The number of fused-ring (bicyclic) bond motifs is 2. The summed E-state index contributed by atoms with van der Waals surface area (Å²) in [7, 11) is 0. The quantitative estimate of drug-likeness (QED) is 0.591. The van der Waals surface area contributed by atoms with Crippen molar-refractivity contribution < 1.29 is 0 Å². The lowest BCUT2D eigenvalue weighted by molar-refractivity contribution is 1.14. The predicted octanol–water partition coefficient (Wildman–Crippen LogP) is 3.95. The van der Waals surface area contributed by atoms with E-state index in [2.05, 4.69) is 55.6 Å². The van der Waals surface area contributed by atoms with Gasteiger partial charge in [0.05, 0.1) is 0 Å². The molecule has 0 saturated carbocycles. The molecule has 2 aromatic rings. The summed E-state index contributed by atoms with van der Waals surface area (Å²) in [5.41, 5.74) is 7.97. The van der Waals surface area contributed by atoms with Crippen molar-refractivity contribution in [2.24, 2.45) is 0 Å². The molecule has 0 radical (unpaired) electrons. The minimum atomic E-state index is 1.04. The molecule has 80 valence electrons. The molecular weight excluding hydrogens is 194 g/mol. The van der Waals surface area contributed by atoms with Crippen LogP contribution in [-0.4, -0.2) is 0 Å². The van der Waals surface area contributed by atoms with Gasteiger partial charge in [0.1, 0.15) is 0 Å². The SMILES string of the molecule is Cc1ccc2c(c1)Cc1cc(C)ccc1N2. The molecular formula is C15H15N. The van der Waals surface area contributed by atoms with Gasteiger partial charge in [0.15, 0.2) is 0 Å². The van der Waals surface area contributed by atoms with Gasteiger partial charge in [0.25, 0.3) is 0 Å². The summed E-state index contributed by atoms with van der Waals surface area (Å²) >= 11 is 0. The Hall–Kier alpha value is -1.76. The Morgan fingerprint density at radius 2 is 1.31 bits per heavy atom. The first-order chi connectivity index (χ1) is 7.72. The zero-order valence-corrected chi connectivity index (χ0v) is 9.67. The molecule has 1 nitrogen and oxygen atoms in total. The van der Waals surface area contributed by atoms with Gasteiger partial charge in [-0.2, -0.15) is 0 Å². The van der Waals surface area contributed by atoms with Crippen molar-refractivity contribution in [2.45, 2.75) is 20.3 Å². The van der Waals surface area contributed by atoms with Crippen molar-refractivity contribution in [1.29, 1.82) is 0 Å². The molecule has 0 spiro atoms. The van der Waals surface area contributed by atoms with Crippen LogP contribution in [0.15, 0.2) is 36.4 Å². The summed E-state index contributed by atoms with van der Waals surface area (Å²) in [5.74, 6) is 0. The van der Waals surface area contributed by atoms with Crippen LogP contribution < -0.4 is 5.32 Å². The van der Waals surface area contributed by atoms with Gasteiger partial charge >= 0.3 is 0 Å². The molecule has 0 bridgehead atoms. The summed E-state index contributed by atoms with van der Waals surface area (Å²) in [6.45, 7) is 4.29. The Morgan fingerprint density at radius 1 is 0.812 bits per heavy atom. The van der Waals surface area contributed by atoms with E-state index in [9.17, 15) is 0 Å². The smallest absolute Gasteiger partial charge is 0.0420 e. The number of benzene rings is 2. The summed E-state index contributed by atoms with van der Waals surface area (Å²) in [6.07, 6.45) is 1.04. The highest BCUT2D eigenvalue weighted by Gasteiger charge is 2.14. The van der Waals surface area contributed by atoms with Crippen LogP contribution in [0.25, 0.3) is 0 Å². The lowest BCUT2D eigenvalue weighted by Crippen LogP contribution is -2.07. The molecule has 1 aliphatic rings. The van der Waals surface area contributed by atoms with Crippen molar-refractivity contribution in [2.75, 3.05) is 5.32 Å². The van der Waals surface area contributed by atoms with E-state index in [1.807, 2.05) is 0 Å². The van der Waals surface area contributed by atoms with Crippen LogP contribution in [0.2, 0.25) is 0 Å². The van der Waals surface area contributed by atoms with Gasteiger partial charge in [-0.05, 0) is 37.1 Å². The van der Waals surface area contributed by atoms with E-state index in [1.165, 1.54) is 33.6 Å². The average Bonchev–Trinajstić information content (AvgIpc) is 2.26. The summed E-state index contributed by atoms with van der Waals surface area (Å²) in [5, 5.41) is 3.49. The Labute approximate surface area is 96.1 Å². The van der Waals surface area contributed by atoms with Crippen LogP contribution in [0, 0.1) is 13.8 Å². The zero-order valence-electron chi connectivity index (χ0n) is 9.67.